The van der Waals surface area contributed by atoms with E-state index < -0.39 is 0 Å². The number of rotatable bonds is 0. The number of aromatic amines is 1. The number of benzene rings is 1. The van der Waals surface area contributed by atoms with Crippen LogP contribution in [-0.4, -0.2) is 30.0 Å². The molecule has 0 spiro atoms. The zero-order valence-corrected chi connectivity index (χ0v) is 10.3. The van der Waals surface area contributed by atoms with Crippen LogP contribution in [0.5, 0.6) is 0 Å². The SMILES string of the molecule is CN1CCc2[nH]c3cc(S)ccc3c2CC1. The second-order valence-corrected chi connectivity index (χ2v) is 5.13. The van der Waals surface area contributed by atoms with Crippen LogP contribution in [0, 0.1) is 0 Å². The average molecular weight is 232 g/mol. The average Bonchev–Trinajstić information content (AvgIpc) is 2.50. The second-order valence-electron chi connectivity index (χ2n) is 4.62. The molecule has 2 heterocycles. The molecule has 3 heteroatoms. The molecule has 0 atom stereocenters. The Morgan fingerprint density at radius 2 is 2.06 bits per heavy atom. The quantitative estimate of drug-likeness (QED) is 0.668. The predicted octanol–water partition coefficient (Wildman–Crippen LogP) is 2.49. The van der Waals surface area contributed by atoms with E-state index in [2.05, 4.69) is 47.8 Å². The molecule has 0 bridgehead atoms. The largest absolute Gasteiger partial charge is 0.358 e. The Hall–Kier alpha value is -0.930. The zero-order valence-electron chi connectivity index (χ0n) is 9.45. The van der Waals surface area contributed by atoms with Crippen LogP contribution in [0.3, 0.4) is 0 Å². The highest BCUT2D eigenvalue weighted by Gasteiger charge is 2.15. The monoisotopic (exact) mass is 232 g/mol. The van der Waals surface area contributed by atoms with Gasteiger partial charge in [0.1, 0.15) is 0 Å². The van der Waals surface area contributed by atoms with Gasteiger partial charge in [-0.15, -0.1) is 12.6 Å². The van der Waals surface area contributed by atoms with E-state index in [-0.39, 0.29) is 0 Å². The first-order chi connectivity index (χ1) is 7.74. The first kappa shape index (κ1) is 10.2. The van der Waals surface area contributed by atoms with E-state index in [9.17, 15) is 0 Å². The van der Waals surface area contributed by atoms with Gasteiger partial charge in [0.15, 0.2) is 0 Å². The van der Waals surface area contributed by atoms with Gasteiger partial charge >= 0.3 is 0 Å². The molecule has 0 radical (unpaired) electrons. The molecule has 0 fully saturated rings. The minimum absolute atomic E-state index is 1.03. The molecule has 0 saturated carbocycles. The van der Waals surface area contributed by atoms with Crippen LogP contribution in [0.25, 0.3) is 10.9 Å². The van der Waals surface area contributed by atoms with E-state index in [1.807, 2.05) is 0 Å². The summed E-state index contributed by atoms with van der Waals surface area (Å²) in [7, 11) is 2.19. The molecular formula is C13H16N2S. The summed E-state index contributed by atoms with van der Waals surface area (Å²) >= 11 is 4.39. The smallest absolute Gasteiger partial charge is 0.0470 e. The lowest BCUT2D eigenvalue weighted by molar-refractivity contribution is 0.352. The van der Waals surface area contributed by atoms with Crippen molar-refractivity contribution in [3.8, 4) is 0 Å². The molecule has 1 aliphatic heterocycles. The van der Waals surface area contributed by atoms with Crippen LogP contribution >= 0.6 is 12.6 Å². The highest BCUT2D eigenvalue weighted by atomic mass is 32.1. The first-order valence-corrected chi connectivity index (χ1v) is 6.20. The van der Waals surface area contributed by atoms with E-state index in [0.29, 0.717) is 0 Å². The van der Waals surface area contributed by atoms with Crippen molar-refractivity contribution >= 4 is 23.5 Å². The number of H-pyrrole nitrogens is 1. The first-order valence-electron chi connectivity index (χ1n) is 5.75. The summed E-state index contributed by atoms with van der Waals surface area (Å²) < 4.78 is 0. The molecule has 1 aromatic carbocycles. The van der Waals surface area contributed by atoms with Gasteiger partial charge in [0.2, 0.25) is 0 Å². The molecule has 84 valence electrons. The number of thiol groups is 1. The summed E-state index contributed by atoms with van der Waals surface area (Å²) in [6.07, 6.45) is 2.28. The van der Waals surface area contributed by atoms with Crippen LogP contribution in [0.2, 0.25) is 0 Å². The summed E-state index contributed by atoms with van der Waals surface area (Å²) in [4.78, 5) is 6.97. The maximum atomic E-state index is 4.39. The van der Waals surface area contributed by atoms with Crippen LogP contribution in [0.4, 0.5) is 0 Å². The van der Waals surface area contributed by atoms with Gasteiger partial charge in [-0.3, -0.25) is 0 Å². The van der Waals surface area contributed by atoms with Crippen molar-refractivity contribution in [2.75, 3.05) is 20.1 Å². The minimum Gasteiger partial charge on any atom is -0.358 e. The summed E-state index contributed by atoms with van der Waals surface area (Å²) in [5, 5.41) is 1.38. The highest BCUT2D eigenvalue weighted by molar-refractivity contribution is 7.80. The normalized spacial score (nSPS) is 17.4. The fourth-order valence-corrected chi connectivity index (χ4v) is 2.72. The van der Waals surface area contributed by atoms with Crippen molar-refractivity contribution in [1.29, 1.82) is 0 Å². The number of fused-ring (bicyclic) bond motifs is 3. The third kappa shape index (κ3) is 1.64. The van der Waals surface area contributed by atoms with Gasteiger partial charge in [-0.05, 0) is 31.2 Å². The Kier molecular flexibility index (Phi) is 2.45. The summed E-state index contributed by atoms with van der Waals surface area (Å²) in [6.45, 7) is 2.30. The van der Waals surface area contributed by atoms with Gasteiger partial charge in [-0.2, -0.15) is 0 Å². The Bertz CT molecular complexity index is 530. The molecule has 0 saturated heterocycles. The van der Waals surface area contributed by atoms with Crippen LogP contribution < -0.4 is 0 Å². The molecule has 0 unspecified atom stereocenters. The standard InChI is InChI=1S/C13H16N2S/c1-15-6-4-11-10-3-2-9(16)8-13(10)14-12(11)5-7-15/h2-3,8,14,16H,4-7H2,1H3. The third-order valence-corrected chi connectivity index (χ3v) is 3.74. The van der Waals surface area contributed by atoms with Crippen LogP contribution in [0.1, 0.15) is 11.3 Å². The Morgan fingerprint density at radius 1 is 1.25 bits per heavy atom. The van der Waals surface area contributed by atoms with Crippen molar-refractivity contribution in [2.24, 2.45) is 0 Å². The zero-order chi connectivity index (χ0) is 11.1. The van der Waals surface area contributed by atoms with E-state index in [0.717, 1.165) is 30.8 Å². The number of nitrogens with zero attached hydrogens (tertiary/aromatic N) is 1. The molecule has 1 aliphatic rings. The van der Waals surface area contributed by atoms with E-state index in [1.54, 1.807) is 0 Å². The number of nitrogens with one attached hydrogen (secondary N) is 1. The van der Waals surface area contributed by atoms with Crippen molar-refractivity contribution in [1.82, 2.24) is 9.88 Å². The Balaban J connectivity index is 2.15. The number of likely N-dealkylation sites (N-methyl/N-ethyl adjacent to an activating group) is 1. The molecule has 2 aromatic rings. The number of hydrogen-bond donors (Lipinski definition) is 2. The molecule has 1 aromatic heterocycles. The second kappa shape index (κ2) is 3.82. The third-order valence-electron chi connectivity index (χ3n) is 3.47. The van der Waals surface area contributed by atoms with E-state index in [1.165, 1.54) is 22.2 Å². The summed E-state index contributed by atoms with van der Waals surface area (Å²) in [5.74, 6) is 0. The van der Waals surface area contributed by atoms with Gasteiger partial charge in [0, 0.05) is 41.0 Å². The lowest BCUT2D eigenvalue weighted by Crippen LogP contribution is -2.21. The molecule has 0 aliphatic carbocycles. The van der Waals surface area contributed by atoms with Crippen molar-refractivity contribution in [2.45, 2.75) is 17.7 Å². The van der Waals surface area contributed by atoms with Crippen molar-refractivity contribution in [3.05, 3.63) is 29.5 Å². The molecule has 0 amide bonds. The van der Waals surface area contributed by atoms with Gasteiger partial charge < -0.3 is 9.88 Å². The van der Waals surface area contributed by atoms with E-state index >= 15 is 0 Å². The fraction of sp³-hybridized carbons (Fsp3) is 0.385. The Morgan fingerprint density at radius 3 is 2.94 bits per heavy atom. The van der Waals surface area contributed by atoms with Crippen molar-refractivity contribution < 1.29 is 0 Å². The topological polar surface area (TPSA) is 19.0 Å². The fourth-order valence-electron chi connectivity index (χ4n) is 2.52. The number of hydrogen-bond acceptors (Lipinski definition) is 2. The maximum Gasteiger partial charge on any atom is 0.0470 e. The lowest BCUT2D eigenvalue weighted by Gasteiger charge is -2.11. The summed E-state index contributed by atoms with van der Waals surface area (Å²) in [6, 6.07) is 6.39. The number of aromatic nitrogens is 1. The van der Waals surface area contributed by atoms with Crippen LogP contribution in [0.15, 0.2) is 23.1 Å². The van der Waals surface area contributed by atoms with Gasteiger partial charge in [-0.1, -0.05) is 6.07 Å². The van der Waals surface area contributed by atoms with Crippen molar-refractivity contribution in [3.63, 3.8) is 0 Å². The highest BCUT2D eigenvalue weighted by Crippen LogP contribution is 2.27. The minimum atomic E-state index is 1.03. The maximum absolute atomic E-state index is 4.39. The van der Waals surface area contributed by atoms with Crippen LogP contribution in [-0.2, 0) is 12.8 Å². The molecule has 16 heavy (non-hydrogen) atoms. The van der Waals surface area contributed by atoms with Gasteiger partial charge in [0.25, 0.3) is 0 Å². The predicted molar refractivity (Wildman–Crippen MR) is 70.5 cm³/mol. The molecule has 2 nitrogen and oxygen atoms in total. The Labute approximate surface area is 101 Å². The summed E-state index contributed by atoms with van der Waals surface area (Å²) in [5.41, 5.74) is 4.16. The lowest BCUT2D eigenvalue weighted by atomic mass is 10.1. The van der Waals surface area contributed by atoms with Gasteiger partial charge in [0.05, 0.1) is 0 Å². The molecule has 3 rings (SSSR count). The van der Waals surface area contributed by atoms with E-state index in [4.69, 9.17) is 0 Å². The molecule has 1 N–H and O–H groups in total. The molecular weight excluding hydrogens is 216 g/mol. The van der Waals surface area contributed by atoms with Gasteiger partial charge in [-0.25, -0.2) is 0 Å².